The van der Waals surface area contributed by atoms with E-state index in [-0.39, 0.29) is 41.3 Å². The summed E-state index contributed by atoms with van der Waals surface area (Å²) in [6.45, 7) is 10.6. The number of urea groups is 1. The first-order valence-corrected chi connectivity index (χ1v) is 18.7. The fourth-order valence-electron chi connectivity index (χ4n) is 8.91. The standard InChI is InChI=1S/C36H61N7O5/c1-24-21-42(17-16-41(24)4)23-36(14-6-5-7-15-36)40-34(48)38-20-30(44)43-22-27(35(2,3)26-12-9-13-26)19-29(43)33(47)39-28(31(45)32(37)46)18-25-10-8-11-25/h24-29H,5-23H2,1-4H3,(H2,37,46)(H,39,47)(H2,38,40,48)/t24-,27?,28?,29-/m0/s1. The maximum absolute atomic E-state index is 13.9. The molecule has 5 aliphatic rings. The van der Waals surface area contributed by atoms with Gasteiger partial charge >= 0.3 is 6.03 Å². The molecule has 2 heterocycles. The first-order chi connectivity index (χ1) is 22.8. The molecule has 0 bridgehead atoms. The number of ketones is 1. The third-order valence-electron chi connectivity index (χ3n) is 13.0. The van der Waals surface area contributed by atoms with Crippen LogP contribution in [0.5, 0.6) is 0 Å². The zero-order valence-electron chi connectivity index (χ0n) is 29.9. The second kappa shape index (κ2) is 15.4. The Hall–Kier alpha value is -2.73. The van der Waals surface area contributed by atoms with Crippen LogP contribution >= 0.6 is 0 Å². The maximum atomic E-state index is 13.9. The molecule has 0 aromatic carbocycles. The van der Waals surface area contributed by atoms with Crippen molar-refractivity contribution in [1.82, 2.24) is 30.7 Å². The molecule has 0 aromatic rings. The van der Waals surface area contributed by atoms with Gasteiger partial charge < -0.3 is 31.5 Å². The summed E-state index contributed by atoms with van der Waals surface area (Å²) in [4.78, 5) is 72.2. The zero-order valence-corrected chi connectivity index (χ0v) is 29.9. The largest absolute Gasteiger partial charge is 0.363 e. The fourth-order valence-corrected chi connectivity index (χ4v) is 8.91. The highest BCUT2D eigenvalue weighted by Gasteiger charge is 2.49. The van der Waals surface area contributed by atoms with E-state index in [9.17, 15) is 24.0 Å². The Morgan fingerprint density at radius 2 is 1.60 bits per heavy atom. The highest BCUT2D eigenvalue weighted by molar-refractivity contribution is 6.37. The number of carbonyl (C=O) groups excluding carboxylic acids is 5. The lowest BCUT2D eigenvalue weighted by molar-refractivity contribution is -0.141. The molecule has 2 unspecified atom stereocenters. The normalized spacial score (nSPS) is 27.8. The van der Waals surface area contributed by atoms with E-state index in [0.29, 0.717) is 31.3 Å². The Kier molecular flexibility index (Phi) is 11.8. The number of hydrogen-bond donors (Lipinski definition) is 4. The first-order valence-electron chi connectivity index (χ1n) is 18.7. The van der Waals surface area contributed by atoms with Gasteiger partial charge in [-0.1, -0.05) is 58.8 Å². The topological polar surface area (TPSA) is 157 Å². The molecular formula is C36H61N7O5. The number of nitrogens with zero attached hydrogens (tertiary/aromatic N) is 3. The average Bonchev–Trinajstić information content (AvgIpc) is 3.45. The van der Waals surface area contributed by atoms with Crippen LogP contribution in [0.15, 0.2) is 0 Å². The van der Waals surface area contributed by atoms with Gasteiger partial charge in [0, 0.05) is 38.8 Å². The lowest BCUT2D eigenvalue weighted by Crippen LogP contribution is -2.62. The number of nitrogens with one attached hydrogen (secondary N) is 3. The SMILES string of the molecule is C[C@H]1CN(CC2(NC(=O)NCC(=O)N3CC(C(C)(C)C4CCC4)C[C@H]3C(=O)NC(CC3CCC3)C(=O)C(N)=O)CCCCC2)CCN1C. The molecule has 5 N–H and O–H groups in total. The lowest BCUT2D eigenvalue weighted by atomic mass is 9.61. The molecule has 5 fully saturated rings. The van der Waals surface area contributed by atoms with E-state index in [0.717, 1.165) is 90.4 Å². The Bertz CT molecular complexity index is 1200. The number of Topliss-reactive ketones (excluding diaryl/α,β-unsaturated/α-hetero) is 1. The molecule has 5 rings (SSSR count). The van der Waals surface area contributed by atoms with Gasteiger partial charge in [-0.3, -0.25) is 24.1 Å². The molecule has 0 spiro atoms. The molecule has 0 radical (unpaired) electrons. The van der Waals surface area contributed by atoms with E-state index in [1.165, 1.54) is 6.42 Å². The van der Waals surface area contributed by atoms with Crippen LogP contribution < -0.4 is 21.7 Å². The average molecular weight is 672 g/mol. The first kappa shape index (κ1) is 36.5. The van der Waals surface area contributed by atoms with Crippen molar-refractivity contribution in [2.24, 2.45) is 28.9 Å². The number of nitrogens with two attached hydrogens (primary N) is 1. The lowest BCUT2D eigenvalue weighted by Gasteiger charge is -2.45. The molecule has 12 heteroatoms. The summed E-state index contributed by atoms with van der Waals surface area (Å²) < 4.78 is 0. The number of rotatable bonds is 13. The van der Waals surface area contributed by atoms with E-state index in [1.807, 2.05) is 0 Å². The van der Waals surface area contributed by atoms with E-state index in [1.54, 1.807) is 4.90 Å². The summed E-state index contributed by atoms with van der Waals surface area (Å²) in [5, 5.41) is 8.96. The molecule has 3 aliphatic carbocycles. The fraction of sp³-hybridized carbons (Fsp3) is 0.861. The molecule has 5 amide bonds. The van der Waals surface area contributed by atoms with Crippen LogP contribution in [0.3, 0.4) is 0 Å². The quantitative estimate of drug-likeness (QED) is 0.219. The van der Waals surface area contributed by atoms with E-state index < -0.39 is 29.7 Å². The van der Waals surface area contributed by atoms with Crippen molar-refractivity contribution < 1.29 is 24.0 Å². The van der Waals surface area contributed by atoms with Crippen molar-refractivity contribution in [3.8, 4) is 0 Å². The minimum Gasteiger partial charge on any atom is -0.363 e. The molecule has 12 nitrogen and oxygen atoms in total. The highest BCUT2D eigenvalue weighted by Crippen LogP contribution is 2.50. The molecule has 2 saturated heterocycles. The Balaban J connectivity index is 1.24. The van der Waals surface area contributed by atoms with Crippen LogP contribution in [-0.4, -0.2) is 114 Å². The van der Waals surface area contributed by atoms with Crippen molar-refractivity contribution >= 4 is 29.5 Å². The predicted molar refractivity (Wildman–Crippen MR) is 184 cm³/mol. The summed E-state index contributed by atoms with van der Waals surface area (Å²) in [6, 6.07) is -1.68. The van der Waals surface area contributed by atoms with Gasteiger partial charge in [0.2, 0.25) is 17.6 Å². The third-order valence-corrected chi connectivity index (χ3v) is 13.0. The minimum absolute atomic E-state index is 0.0703. The number of piperazine rings is 1. The van der Waals surface area contributed by atoms with Crippen LogP contribution in [0.2, 0.25) is 0 Å². The highest BCUT2D eigenvalue weighted by atomic mass is 16.2. The predicted octanol–water partition coefficient (Wildman–Crippen LogP) is 2.40. The summed E-state index contributed by atoms with van der Waals surface area (Å²) in [5.74, 6) is -1.72. The van der Waals surface area contributed by atoms with Gasteiger partial charge in [0.1, 0.15) is 6.04 Å². The van der Waals surface area contributed by atoms with Gasteiger partial charge in [0.25, 0.3) is 5.91 Å². The van der Waals surface area contributed by atoms with Crippen LogP contribution in [0.1, 0.15) is 104 Å². The van der Waals surface area contributed by atoms with Crippen LogP contribution in [0, 0.1) is 23.2 Å². The molecule has 2 aliphatic heterocycles. The summed E-state index contributed by atoms with van der Waals surface area (Å²) in [5.41, 5.74) is 4.96. The van der Waals surface area contributed by atoms with Gasteiger partial charge in [-0.15, -0.1) is 0 Å². The monoisotopic (exact) mass is 671 g/mol. The second-order valence-corrected chi connectivity index (χ2v) is 16.5. The summed E-state index contributed by atoms with van der Waals surface area (Å²) >= 11 is 0. The van der Waals surface area contributed by atoms with Crippen molar-refractivity contribution in [3.63, 3.8) is 0 Å². The second-order valence-electron chi connectivity index (χ2n) is 16.5. The van der Waals surface area contributed by atoms with Gasteiger partial charge in [-0.2, -0.15) is 0 Å². The summed E-state index contributed by atoms with van der Waals surface area (Å²) in [6.07, 6.45) is 12.4. The van der Waals surface area contributed by atoms with E-state index in [2.05, 4.69) is 53.6 Å². The number of amides is 5. The summed E-state index contributed by atoms with van der Waals surface area (Å²) in [7, 11) is 2.15. The number of likely N-dealkylation sites (N-methyl/N-ethyl adjacent to an activating group) is 1. The van der Waals surface area contributed by atoms with Gasteiger partial charge in [-0.05, 0) is 75.7 Å². The van der Waals surface area contributed by atoms with Crippen molar-refractivity contribution in [2.75, 3.05) is 46.3 Å². The van der Waals surface area contributed by atoms with Crippen molar-refractivity contribution in [2.45, 2.75) is 128 Å². The Morgan fingerprint density at radius 1 is 0.917 bits per heavy atom. The zero-order chi connectivity index (χ0) is 34.6. The smallest absolute Gasteiger partial charge is 0.315 e. The number of carbonyl (C=O) groups is 5. The van der Waals surface area contributed by atoms with Crippen LogP contribution in [-0.2, 0) is 19.2 Å². The van der Waals surface area contributed by atoms with E-state index in [4.69, 9.17) is 5.73 Å². The number of primary amides is 1. The molecule has 0 aromatic heterocycles. The molecule has 48 heavy (non-hydrogen) atoms. The number of likely N-dealkylation sites (tertiary alicyclic amines) is 1. The van der Waals surface area contributed by atoms with Crippen LogP contribution in [0.4, 0.5) is 4.79 Å². The van der Waals surface area contributed by atoms with Crippen molar-refractivity contribution in [1.29, 1.82) is 0 Å². The number of hydrogen-bond acceptors (Lipinski definition) is 7. The molecule has 270 valence electrons. The third kappa shape index (κ3) is 8.52. The van der Waals surface area contributed by atoms with Crippen LogP contribution in [0.25, 0.3) is 0 Å². The molecular weight excluding hydrogens is 610 g/mol. The maximum Gasteiger partial charge on any atom is 0.315 e. The Morgan fingerprint density at radius 3 is 2.19 bits per heavy atom. The van der Waals surface area contributed by atoms with E-state index >= 15 is 0 Å². The Labute approximate surface area is 287 Å². The molecule has 3 saturated carbocycles. The minimum atomic E-state index is -1.06. The van der Waals surface area contributed by atoms with Gasteiger partial charge in [0.15, 0.2) is 0 Å². The van der Waals surface area contributed by atoms with Crippen molar-refractivity contribution in [3.05, 3.63) is 0 Å². The molecule has 4 atom stereocenters. The van der Waals surface area contributed by atoms with Gasteiger partial charge in [0.05, 0.1) is 18.1 Å². The van der Waals surface area contributed by atoms with Gasteiger partial charge in [-0.25, -0.2) is 4.79 Å².